The van der Waals surface area contributed by atoms with Gasteiger partial charge in [-0.2, -0.15) is 0 Å². The molecule has 1 rings (SSSR count). The predicted molar refractivity (Wildman–Crippen MR) is 88.4 cm³/mol. The molecule has 0 saturated heterocycles. The van der Waals surface area contributed by atoms with Crippen LogP contribution in [0.15, 0.2) is 12.3 Å². The van der Waals surface area contributed by atoms with E-state index in [4.69, 9.17) is 9.47 Å². The van der Waals surface area contributed by atoms with Crippen LogP contribution in [-0.2, 0) is 19.1 Å². The molecular formula is C16H25N3O4. The molecule has 1 atom stereocenters. The number of rotatable bonds is 9. The van der Waals surface area contributed by atoms with Crippen LogP contribution in [0.2, 0.25) is 0 Å². The molecular weight excluding hydrogens is 298 g/mol. The molecule has 0 amide bonds. The number of esters is 2. The van der Waals surface area contributed by atoms with E-state index in [-0.39, 0.29) is 19.0 Å². The van der Waals surface area contributed by atoms with E-state index < -0.39 is 12.0 Å². The Hall–Kier alpha value is -2.31. The molecule has 0 saturated carbocycles. The van der Waals surface area contributed by atoms with Crippen molar-refractivity contribution in [3.63, 3.8) is 0 Å². The van der Waals surface area contributed by atoms with E-state index in [0.29, 0.717) is 13.0 Å². The molecule has 7 nitrogen and oxygen atoms in total. The first kappa shape index (κ1) is 18.7. The maximum Gasteiger partial charge on any atom is 0.328 e. The number of nitrogens with zero attached hydrogens (tertiary/aromatic N) is 1. The topological polar surface area (TPSA) is 89.5 Å². The summed E-state index contributed by atoms with van der Waals surface area (Å²) in [4.78, 5) is 27.9. The molecule has 1 aromatic heterocycles. The molecule has 1 heterocycles. The van der Waals surface area contributed by atoms with E-state index in [9.17, 15) is 9.59 Å². The van der Waals surface area contributed by atoms with Gasteiger partial charge in [0.05, 0.1) is 36.5 Å². The van der Waals surface area contributed by atoms with Crippen molar-refractivity contribution in [3.05, 3.63) is 18.0 Å². The maximum absolute atomic E-state index is 12.1. The van der Waals surface area contributed by atoms with Crippen molar-refractivity contribution in [2.45, 2.75) is 39.7 Å². The Balaban J connectivity index is 2.83. The Morgan fingerprint density at radius 1 is 1.26 bits per heavy atom. The lowest BCUT2D eigenvalue weighted by Crippen LogP contribution is -2.32. The first-order chi connectivity index (χ1) is 11.0. The smallest absolute Gasteiger partial charge is 0.328 e. The molecule has 7 heteroatoms. The van der Waals surface area contributed by atoms with E-state index in [1.54, 1.807) is 27.1 Å². The lowest BCUT2D eigenvalue weighted by Gasteiger charge is -2.19. The molecule has 0 aromatic carbocycles. The quantitative estimate of drug-likeness (QED) is 0.673. The number of pyridine rings is 1. The number of anilines is 2. The normalized spacial score (nSPS) is 11.5. The van der Waals surface area contributed by atoms with E-state index >= 15 is 0 Å². The van der Waals surface area contributed by atoms with Crippen molar-refractivity contribution in [1.82, 2.24) is 4.98 Å². The summed E-state index contributed by atoms with van der Waals surface area (Å²) in [5.74, 6) is -0.728. The number of hydrogen-bond acceptors (Lipinski definition) is 7. The van der Waals surface area contributed by atoms with Crippen LogP contribution in [-0.4, -0.2) is 43.2 Å². The summed E-state index contributed by atoms with van der Waals surface area (Å²) < 4.78 is 9.98. The van der Waals surface area contributed by atoms with Crippen molar-refractivity contribution in [2.75, 3.05) is 30.9 Å². The van der Waals surface area contributed by atoms with Gasteiger partial charge in [0.1, 0.15) is 6.04 Å². The fraction of sp³-hybridized carbons (Fsp3) is 0.562. The first-order valence-electron chi connectivity index (χ1n) is 7.75. The lowest BCUT2D eigenvalue weighted by molar-refractivity contribution is -0.145. The molecule has 0 aliphatic rings. The largest absolute Gasteiger partial charge is 0.466 e. The first-order valence-corrected chi connectivity index (χ1v) is 7.75. The van der Waals surface area contributed by atoms with Gasteiger partial charge in [0.2, 0.25) is 0 Å². The number of carbonyl (C=O) groups excluding carboxylic acids is 2. The minimum atomic E-state index is -0.632. The number of carbonyl (C=O) groups is 2. The van der Waals surface area contributed by atoms with E-state index in [0.717, 1.165) is 17.1 Å². The van der Waals surface area contributed by atoms with E-state index in [1.807, 2.05) is 13.0 Å². The fourth-order valence-corrected chi connectivity index (χ4v) is 1.99. The molecule has 0 unspecified atom stereocenters. The highest BCUT2D eigenvalue weighted by Gasteiger charge is 2.22. The summed E-state index contributed by atoms with van der Waals surface area (Å²) in [5.41, 5.74) is 2.30. The minimum Gasteiger partial charge on any atom is -0.466 e. The van der Waals surface area contributed by atoms with Gasteiger partial charge in [-0.1, -0.05) is 0 Å². The van der Waals surface area contributed by atoms with Gasteiger partial charge < -0.3 is 20.1 Å². The van der Waals surface area contributed by atoms with Gasteiger partial charge in [-0.3, -0.25) is 9.78 Å². The second-order valence-corrected chi connectivity index (χ2v) is 4.90. The zero-order valence-electron chi connectivity index (χ0n) is 14.1. The number of aromatic nitrogens is 1. The number of aryl methyl sites for hydroxylation is 1. The summed E-state index contributed by atoms with van der Waals surface area (Å²) >= 11 is 0. The van der Waals surface area contributed by atoms with Gasteiger partial charge >= 0.3 is 11.9 Å². The fourth-order valence-electron chi connectivity index (χ4n) is 1.99. The van der Waals surface area contributed by atoms with Crippen LogP contribution in [0.25, 0.3) is 0 Å². The summed E-state index contributed by atoms with van der Waals surface area (Å²) in [6, 6.07) is 1.23. The van der Waals surface area contributed by atoms with E-state index in [1.165, 1.54) is 0 Å². The van der Waals surface area contributed by atoms with Gasteiger partial charge in [-0.05, 0) is 33.3 Å². The molecule has 23 heavy (non-hydrogen) atoms. The van der Waals surface area contributed by atoms with Crippen LogP contribution in [0, 0.1) is 6.92 Å². The summed E-state index contributed by atoms with van der Waals surface area (Å²) in [6.45, 7) is 5.94. The molecule has 0 radical (unpaired) electrons. The minimum absolute atomic E-state index is 0.141. The summed E-state index contributed by atoms with van der Waals surface area (Å²) in [7, 11) is 1.79. The average molecular weight is 323 g/mol. The summed E-state index contributed by atoms with van der Waals surface area (Å²) in [6.07, 6.45) is 2.14. The van der Waals surface area contributed by atoms with Crippen LogP contribution in [0.5, 0.6) is 0 Å². The zero-order valence-corrected chi connectivity index (χ0v) is 14.1. The molecule has 0 aliphatic carbocycles. The Kier molecular flexibility index (Phi) is 7.87. The van der Waals surface area contributed by atoms with Gasteiger partial charge in [0.15, 0.2) is 0 Å². The summed E-state index contributed by atoms with van der Waals surface area (Å²) in [5, 5.41) is 6.12. The van der Waals surface area contributed by atoms with Gasteiger partial charge in [-0.15, -0.1) is 0 Å². The van der Waals surface area contributed by atoms with Crippen LogP contribution in [0.1, 0.15) is 32.4 Å². The average Bonchev–Trinajstić information content (AvgIpc) is 2.53. The van der Waals surface area contributed by atoms with Crippen LogP contribution >= 0.6 is 0 Å². The molecule has 0 aliphatic heterocycles. The Bertz CT molecular complexity index is 534. The number of ether oxygens (including phenoxy) is 2. The second-order valence-electron chi connectivity index (χ2n) is 4.90. The van der Waals surface area contributed by atoms with Crippen LogP contribution in [0.4, 0.5) is 11.4 Å². The van der Waals surface area contributed by atoms with Crippen molar-refractivity contribution in [2.24, 2.45) is 0 Å². The van der Waals surface area contributed by atoms with Crippen molar-refractivity contribution >= 4 is 23.3 Å². The molecule has 0 spiro atoms. The highest BCUT2D eigenvalue weighted by atomic mass is 16.5. The van der Waals surface area contributed by atoms with Crippen LogP contribution in [0.3, 0.4) is 0 Å². The zero-order chi connectivity index (χ0) is 17.2. The number of hydrogen-bond donors (Lipinski definition) is 2. The molecule has 1 aromatic rings. The standard InChI is InChI=1S/C16H25N3O4/c1-5-22-15(20)8-7-13(16(21)23-6-2)19-14-9-12(17-4)10-18-11(14)3/h9-10,13,17,19H,5-8H2,1-4H3/t13-/m0/s1. The van der Waals surface area contributed by atoms with Crippen LogP contribution < -0.4 is 10.6 Å². The second kappa shape index (κ2) is 9.66. The Labute approximate surface area is 136 Å². The molecule has 0 fully saturated rings. The Morgan fingerprint density at radius 2 is 1.96 bits per heavy atom. The third-order valence-electron chi connectivity index (χ3n) is 3.22. The predicted octanol–water partition coefficient (Wildman–Crippen LogP) is 2.12. The molecule has 128 valence electrons. The van der Waals surface area contributed by atoms with E-state index in [2.05, 4.69) is 15.6 Å². The van der Waals surface area contributed by atoms with Crippen molar-refractivity contribution in [1.29, 1.82) is 0 Å². The number of nitrogens with one attached hydrogen (secondary N) is 2. The van der Waals surface area contributed by atoms with Crippen molar-refractivity contribution in [3.8, 4) is 0 Å². The van der Waals surface area contributed by atoms with Gasteiger partial charge in [-0.25, -0.2) is 4.79 Å². The maximum atomic E-state index is 12.1. The lowest BCUT2D eigenvalue weighted by atomic mass is 10.1. The Morgan fingerprint density at radius 3 is 2.57 bits per heavy atom. The monoisotopic (exact) mass is 323 g/mol. The third kappa shape index (κ3) is 6.14. The van der Waals surface area contributed by atoms with Crippen molar-refractivity contribution < 1.29 is 19.1 Å². The van der Waals surface area contributed by atoms with Gasteiger partial charge in [0.25, 0.3) is 0 Å². The molecule has 2 N–H and O–H groups in total. The highest BCUT2D eigenvalue weighted by molar-refractivity contribution is 5.81. The van der Waals surface area contributed by atoms with Gasteiger partial charge in [0, 0.05) is 13.5 Å². The highest BCUT2D eigenvalue weighted by Crippen LogP contribution is 2.20. The SMILES string of the molecule is CCOC(=O)CC[C@H](Nc1cc(NC)cnc1C)C(=O)OCC. The third-order valence-corrected chi connectivity index (χ3v) is 3.22. The molecule has 0 bridgehead atoms.